The molecule has 0 aliphatic carbocycles. The van der Waals surface area contributed by atoms with E-state index in [1.54, 1.807) is 12.4 Å². The first-order chi connectivity index (χ1) is 7.79. The Morgan fingerprint density at radius 2 is 2.44 bits per heavy atom. The van der Waals surface area contributed by atoms with E-state index in [0.29, 0.717) is 11.3 Å². The zero-order chi connectivity index (χ0) is 11.4. The summed E-state index contributed by atoms with van der Waals surface area (Å²) in [4.78, 5) is 10.5. The summed E-state index contributed by atoms with van der Waals surface area (Å²) in [6.07, 6.45) is 5.89. The summed E-state index contributed by atoms with van der Waals surface area (Å²) in [6, 6.07) is 0. The molecule has 0 bridgehead atoms. The van der Waals surface area contributed by atoms with Crippen LogP contribution in [0.15, 0.2) is 12.4 Å². The predicted octanol–water partition coefficient (Wildman–Crippen LogP) is 2.14. The Morgan fingerprint density at radius 3 is 3.06 bits per heavy atom. The van der Waals surface area contributed by atoms with Gasteiger partial charge in [-0.25, -0.2) is 4.98 Å². The van der Waals surface area contributed by atoms with Crippen molar-refractivity contribution in [3.63, 3.8) is 0 Å². The molecule has 88 valence electrons. The van der Waals surface area contributed by atoms with E-state index < -0.39 is 0 Å². The van der Waals surface area contributed by atoms with E-state index in [0.717, 1.165) is 38.4 Å². The van der Waals surface area contributed by atoms with E-state index >= 15 is 0 Å². The zero-order valence-electron chi connectivity index (χ0n) is 9.40. The second kappa shape index (κ2) is 5.46. The third kappa shape index (κ3) is 2.83. The molecular weight excluding hydrogens is 226 g/mol. The van der Waals surface area contributed by atoms with Gasteiger partial charge in [0.25, 0.3) is 0 Å². The maximum atomic E-state index is 5.83. The zero-order valence-corrected chi connectivity index (χ0v) is 10.2. The SMILES string of the molecule is CCN(CC1CCCO1)c1cncc(Cl)n1. The van der Waals surface area contributed by atoms with E-state index in [2.05, 4.69) is 21.8 Å². The second-order valence-electron chi connectivity index (χ2n) is 3.87. The average Bonchev–Trinajstić information content (AvgIpc) is 2.78. The van der Waals surface area contributed by atoms with E-state index in [9.17, 15) is 0 Å². The largest absolute Gasteiger partial charge is 0.376 e. The molecular formula is C11H16ClN3O. The van der Waals surface area contributed by atoms with Crippen molar-refractivity contribution in [1.82, 2.24) is 9.97 Å². The van der Waals surface area contributed by atoms with E-state index in [4.69, 9.17) is 16.3 Å². The van der Waals surface area contributed by atoms with Gasteiger partial charge in [-0.1, -0.05) is 11.6 Å². The minimum absolute atomic E-state index is 0.320. The summed E-state index contributed by atoms with van der Waals surface area (Å²) < 4.78 is 5.61. The van der Waals surface area contributed by atoms with Crippen LogP contribution in [0.4, 0.5) is 5.82 Å². The number of ether oxygens (including phenoxy) is 1. The molecule has 0 radical (unpaired) electrons. The van der Waals surface area contributed by atoms with Gasteiger partial charge in [0.2, 0.25) is 0 Å². The van der Waals surface area contributed by atoms with Crippen LogP contribution in [-0.4, -0.2) is 35.8 Å². The van der Waals surface area contributed by atoms with Crippen LogP contribution in [0, 0.1) is 0 Å². The number of anilines is 1. The second-order valence-corrected chi connectivity index (χ2v) is 4.26. The van der Waals surface area contributed by atoms with E-state index in [-0.39, 0.29) is 0 Å². The third-order valence-electron chi connectivity index (χ3n) is 2.75. The maximum Gasteiger partial charge on any atom is 0.149 e. The molecule has 1 saturated heterocycles. The molecule has 2 heterocycles. The van der Waals surface area contributed by atoms with Gasteiger partial charge in [0.1, 0.15) is 11.0 Å². The molecule has 2 rings (SSSR count). The van der Waals surface area contributed by atoms with Crippen LogP contribution in [0.2, 0.25) is 5.15 Å². The highest BCUT2D eigenvalue weighted by Gasteiger charge is 2.19. The highest BCUT2D eigenvalue weighted by atomic mass is 35.5. The van der Waals surface area contributed by atoms with Gasteiger partial charge in [0.15, 0.2) is 0 Å². The average molecular weight is 242 g/mol. The first-order valence-corrected chi connectivity index (χ1v) is 6.01. The summed E-state index contributed by atoms with van der Waals surface area (Å²) >= 11 is 5.83. The summed E-state index contributed by atoms with van der Waals surface area (Å²) in [5, 5.41) is 0.434. The van der Waals surface area contributed by atoms with Crippen molar-refractivity contribution in [2.75, 3.05) is 24.6 Å². The van der Waals surface area contributed by atoms with Crippen molar-refractivity contribution in [1.29, 1.82) is 0 Å². The first-order valence-electron chi connectivity index (χ1n) is 5.63. The lowest BCUT2D eigenvalue weighted by molar-refractivity contribution is 0.115. The van der Waals surface area contributed by atoms with Crippen molar-refractivity contribution < 1.29 is 4.74 Å². The standard InChI is InChI=1S/C11H16ClN3O/c1-2-15(8-9-4-3-5-16-9)11-7-13-6-10(12)14-11/h6-7,9H,2-5,8H2,1H3. The van der Waals surface area contributed by atoms with Crippen LogP contribution in [0.5, 0.6) is 0 Å². The first kappa shape index (κ1) is 11.6. The smallest absolute Gasteiger partial charge is 0.149 e. The normalized spacial score (nSPS) is 20.0. The third-order valence-corrected chi connectivity index (χ3v) is 2.93. The van der Waals surface area contributed by atoms with Gasteiger partial charge in [-0.3, -0.25) is 4.98 Å². The van der Waals surface area contributed by atoms with E-state index in [1.165, 1.54) is 0 Å². The molecule has 1 aliphatic heterocycles. The van der Waals surface area contributed by atoms with Crippen molar-refractivity contribution >= 4 is 17.4 Å². The molecule has 1 aliphatic rings. The van der Waals surface area contributed by atoms with Crippen LogP contribution in [0.3, 0.4) is 0 Å². The molecule has 1 atom stereocenters. The Labute approximate surface area is 101 Å². The molecule has 0 amide bonds. The Hall–Kier alpha value is -0.870. The Morgan fingerprint density at radius 1 is 1.56 bits per heavy atom. The Kier molecular flexibility index (Phi) is 3.96. The fraction of sp³-hybridized carbons (Fsp3) is 0.636. The molecule has 1 aromatic heterocycles. The number of nitrogens with zero attached hydrogens (tertiary/aromatic N) is 3. The number of halogens is 1. The molecule has 0 N–H and O–H groups in total. The maximum absolute atomic E-state index is 5.83. The van der Waals surface area contributed by atoms with Gasteiger partial charge < -0.3 is 9.64 Å². The van der Waals surface area contributed by atoms with Crippen molar-refractivity contribution in [2.45, 2.75) is 25.9 Å². The lowest BCUT2D eigenvalue weighted by Crippen LogP contribution is -2.32. The Balaban J connectivity index is 2.03. The summed E-state index contributed by atoms with van der Waals surface area (Å²) in [5.41, 5.74) is 0. The fourth-order valence-corrected chi connectivity index (χ4v) is 2.05. The quantitative estimate of drug-likeness (QED) is 0.810. The number of aromatic nitrogens is 2. The number of hydrogen-bond acceptors (Lipinski definition) is 4. The van der Waals surface area contributed by atoms with Crippen LogP contribution in [-0.2, 0) is 4.74 Å². The topological polar surface area (TPSA) is 38.2 Å². The molecule has 1 fully saturated rings. The molecule has 1 unspecified atom stereocenters. The number of rotatable bonds is 4. The van der Waals surface area contributed by atoms with Gasteiger partial charge in [0.05, 0.1) is 18.5 Å². The minimum Gasteiger partial charge on any atom is -0.376 e. The molecule has 1 aromatic rings. The van der Waals surface area contributed by atoms with Gasteiger partial charge >= 0.3 is 0 Å². The van der Waals surface area contributed by atoms with Gasteiger partial charge in [-0.15, -0.1) is 0 Å². The molecule has 16 heavy (non-hydrogen) atoms. The number of likely N-dealkylation sites (N-methyl/N-ethyl adjacent to an activating group) is 1. The van der Waals surface area contributed by atoms with Crippen LogP contribution >= 0.6 is 11.6 Å². The van der Waals surface area contributed by atoms with E-state index in [1.807, 2.05) is 0 Å². The lowest BCUT2D eigenvalue weighted by Gasteiger charge is -2.24. The van der Waals surface area contributed by atoms with Crippen molar-refractivity contribution in [3.05, 3.63) is 17.5 Å². The highest BCUT2D eigenvalue weighted by molar-refractivity contribution is 6.29. The summed E-state index contributed by atoms with van der Waals surface area (Å²) in [7, 11) is 0. The predicted molar refractivity (Wildman–Crippen MR) is 63.9 cm³/mol. The van der Waals surface area contributed by atoms with Crippen LogP contribution < -0.4 is 4.90 Å². The molecule has 5 heteroatoms. The molecule has 0 spiro atoms. The lowest BCUT2D eigenvalue weighted by atomic mass is 10.2. The molecule has 4 nitrogen and oxygen atoms in total. The van der Waals surface area contributed by atoms with Crippen LogP contribution in [0.25, 0.3) is 0 Å². The summed E-state index contributed by atoms with van der Waals surface area (Å²) in [6.45, 7) is 4.72. The molecule has 0 aromatic carbocycles. The molecule has 0 saturated carbocycles. The van der Waals surface area contributed by atoms with Gasteiger partial charge in [-0.2, -0.15) is 0 Å². The van der Waals surface area contributed by atoms with Crippen molar-refractivity contribution in [3.8, 4) is 0 Å². The highest BCUT2D eigenvalue weighted by Crippen LogP contribution is 2.17. The minimum atomic E-state index is 0.320. The monoisotopic (exact) mass is 241 g/mol. The van der Waals surface area contributed by atoms with Crippen molar-refractivity contribution in [2.24, 2.45) is 0 Å². The summed E-state index contributed by atoms with van der Waals surface area (Å²) in [5.74, 6) is 0.825. The van der Waals surface area contributed by atoms with Gasteiger partial charge in [0, 0.05) is 19.7 Å². The Bertz CT molecular complexity index is 342. The number of hydrogen-bond donors (Lipinski definition) is 0. The fourth-order valence-electron chi connectivity index (χ4n) is 1.90. The van der Waals surface area contributed by atoms with Gasteiger partial charge in [-0.05, 0) is 19.8 Å². The van der Waals surface area contributed by atoms with Crippen LogP contribution in [0.1, 0.15) is 19.8 Å².